The third-order valence-corrected chi connectivity index (χ3v) is 6.76. The Hall–Kier alpha value is -1.60. The van der Waals surface area contributed by atoms with Crippen molar-refractivity contribution in [3.05, 3.63) is 17.5 Å². The lowest BCUT2D eigenvalue weighted by molar-refractivity contribution is -0.146. The van der Waals surface area contributed by atoms with Gasteiger partial charge in [0, 0.05) is 6.04 Å². The van der Waals surface area contributed by atoms with Gasteiger partial charge in [-0.15, -0.1) is 0 Å². The lowest BCUT2D eigenvalue weighted by Crippen LogP contribution is -2.42. The molecule has 3 unspecified atom stereocenters. The molecule has 4 rings (SSSR count). The van der Waals surface area contributed by atoms with Gasteiger partial charge in [-0.1, -0.05) is 0 Å². The van der Waals surface area contributed by atoms with Crippen molar-refractivity contribution >= 4 is 5.91 Å². The van der Waals surface area contributed by atoms with Crippen molar-refractivity contribution in [2.75, 3.05) is 0 Å². The lowest BCUT2D eigenvalue weighted by Gasteiger charge is -2.31. The predicted molar refractivity (Wildman–Crippen MR) is 95.5 cm³/mol. The van der Waals surface area contributed by atoms with Gasteiger partial charge in [-0.2, -0.15) is 18.3 Å². The van der Waals surface area contributed by atoms with Gasteiger partial charge in [0.1, 0.15) is 5.67 Å². The van der Waals surface area contributed by atoms with E-state index in [1.54, 1.807) is 20.8 Å². The predicted octanol–water partition coefficient (Wildman–Crippen LogP) is 4.69. The Morgan fingerprint density at radius 2 is 1.93 bits per heavy atom. The van der Waals surface area contributed by atoms with Crippen LogP contribution >= 0.6 is 0 Å². The van der Waals surface area contributed by atoms with Crippen LogP contribution in [0, 0.1) is 17.8 Å². The third-order valence-electron chi connectivity index (χ3n) is 6.76. The topological polar surface area (TPSA) is 46.9 Å². The number of alkyl halides is 4. The fourth-order valence-corrected chi connectivity index (χ4v) is 5.79. The average molecular weight is 401 g/mol. The van der Waals surface area contributed by atoms with Crippen molar-refractivity contribution in [1.29, 1.82) is 0 Å². The number of fused-ring (bicyclic) bond motifs is 2. The average Bonchev–Trinajstić information content (AvgIpc) is 3.07. The molecule has 0 spiro atoms. The summed E-state index contributed by atoms with van der Waals surface area (Å²) in [6, 6.07) is -0.278. The van der Waals surface area contributed by atoms with E-state index in [1.807, 2.05) is 0 Å². The number of nitrogens with one attached hydrogen (secondary N) is 1. The van der Waals surface area contributed by atoms with Gasteiger partial charge in [-0.25, -0.2) is 4.39 Å². The molecule has 0 radical (unpaired) electrons. The molecule has 1 N–H and O–H groups in total. The SMILES string of the molecule is CC(C)(C)n1ncc(C(=O)N[C@H]2CCC3CC4C[C@@](F)(C3)CC42)c1C(F)(F)F. The van der Waals surface area contributed by atoms with Crippen LogP contribution in [0.1, 0.15) is 75.3 Å². The van der Waals surface area contributed by atoms with Crippen LogP contribution in [-0.2, 0) is 11.7 Å². The first kappa shape index (κ1) is 19.7. The van der Waals surface area contributed by atoms with Crippen LogP contribution in [0.3, 0.4) is 0 Å². The minimum Gasteiger partial charge on any atom is -0.349 e. The second-order valence-corrected chi connectivity index (χ2v) is 9.93. The molecule has 1 heterocycles. The van der Waals surface area contributed by atoms with Gasteiger partial charge in [0.2, 0.25) is 0 Å². The van der Waals surface area contributed by atoms with Gasteiger partial charge in [-0.3, -0.25) is 9.48 Å². The summed E-state index contributed by atoms with van der Waals surface area (Å²) in [7, 11) is 0. The quantitative estimate of drug-likeness (QED) is 0.731. The Balaban J connectivity index is 1.60. The standard InChI is InChI=1S/C20H27F4N3O/c1-18(2,3)27-16(20(22,23)24)14(10-25-27)17(28)26-15-5-4-11-6-12-8-19(21,7-11)9-13(12)15/h10-13,15H,4-9H2,1-3H3,(H,26,28)/t11?,12?,13?,15-,19-/m0/s1. The van der Waals surface area contributed by atoms with Gasteiger partial charge in [0.15, 0.2) is 5.69 Å². The first-order chi connectivity index (χ1) is 12.9. The van der Waals surface area contributed by atoms with E-state index in [9.17, 15) is 22.4 Å². The van der Waals surface area contributed by atoms with E-state index in [0.29, 0.717) is 31.6 Å². The molecule has 5 atom stereocenters. The Labute approximate surface area is 162 Å². The van der Waals surface area contributed by atoms with Crippen LogP contribution in [0.2, 0.25) is 0 Å². The normalized spacial score (nSPS) is 35.1. The molecular formula is C20H27F4N3O. The first-order valence-corrected chi connectivity index (χ1v) is 10.0. The third kappa shape index (κ3) is 3.32. The summed E-state index contributed by atoms with van der Waals surface area (Å²) in [4.78, 5) is 12.8. The summed E-state index contributed by atoms with van der Waals surface area (Å²) in [6.07, 6.45) is 0.318. The van der Waals surface area contributed by atoms with E-state index in [2.05, 4.69) is 10.4 Å². The molecule has 28 heavy (non-hydrogen) atoms. The van der Waals surface area contributed by atoms with Crippen LogP contribution in [0.4, 0.5) is 17.6 Å². The number of hydrogen-bond acceptors (Lipinski definition) is 2. The van der Waals surface area contributed by atoms with Crippen molar-refractivity contribution in [1.82, 2.24) is 15.1 Å². The number of halogens is 4. The number of carbonyl (C=O) groups excluding carboxylic acids is 1. The molecule has 3 aliphatic rings. The van der Waals surface area contributed by atoms with Crippen LogP contribution < -0.4 is 5.32 Å². The summed E-state index contributed by atoms with van der Waals surface area (Å²) < 4.78 is 57.0. The van der Waals surface area contributed by atoms with E-state index in [4.69, 9.17) is 0 Å². The Kier molecular flexibility index (Phi) is 4.36. The molecule has 0 aliphatic heterocycles. The lowest BCUT2D eigenvalue weighted by atomic mass is 9.78. The molecule has 0 aromatic carbocycles. The Morgan fingerprint density at radius 1 is 1.21 bits per heavy atom. The highest BCUT2D eigenvalue weighted by atomic mass is 19.4. The smallest absolute Gasteiger partial charge is 0.349 e. The molecule has 1 aromatic rings. The molecule has 156 valence electrons. The van der Waals surface area contributed by atoms with E-state index >= 15 is 0 Å². The highest BCUT2D eigenvalue weighted by molar-refractivity contribution is 5.95. The van der Waals surface area contributed by atoms with E-state index < -0.39 is 34.5 Å². The maximum Gasteiger partial charge on any atom is 0.433 e. The van der Waals surface area contributed by atoms with Gasteiger partial charge >= 0.3 is 6.18 Å². The molecule has 0 saturated heterocycles. The highest BCUT2D eigenvalue weighted by Gasteiger charge is 2.55. The van der Waals surface area contributed by atoms with E-state index in [-0.39, 0.29) is 17.9 Å². The zero-order valence-corrected chi connectivity index (χ0v) is 16.4. The highest BCUT2D eigenvalue weighted by Crippen LogP contribution is 2.57. The number of amides is 1. The molecule has 3 aliphatic carbocycles. The second-order valence-electron chi connectivity index (χ2n) is 9.93. The van der Waals surface area contributed by atoms with Gasteiger partial charge in [0.25, 0.3) is 5.91 Å². The largest absolute Gasteiger partial charge is 0.433 e. The van der Waals surface area contributed by atoms with Crippen LogP contribution in [0.5, 0.6) is 0 Å². The minimum atomic E-state index is -4.69. The molecular weight excluding hydrogens is 374 g/mol. The second kappa shape index (κ2) is 6.20. The summed E-state index contributed by atoms with van der Waals surface area (Å²) in [5.74, 6) is -0.212. The summed E-state index contributed by atoms with van der Waals surface area (Å²) >= 11 is 0. The van der Waals surface area contributed by atoms with Crippen molar-refractivity contribution in [3.63, 3.8) is 0 Å². The van der Waals surface area contributed by atoms with Crippen molar-refractivity contribution in [3.8, 4) is 0 Å². The van der Waals surface area contributed by atoms with E-state index in [1.165, 1.54) is 0 Å². The van der Waals surface area contributed by atoms with Gasteiger partial charge in [0.05, 0.1) is 17.3 Å². The monoisotopic (exact) mass is 401 g/mol. The number of rotatable bonds is 2. The van der Waals surface area contributed by atoms with Gasteiger partial charge < -0.3 is 5.32 Å². The zero-order chi connectivity index (χ0) is 20.5. The van der Waals surface area contributed by atoms with Crippen molar-refractivity contribution in [2.45, 2.75) is 82.7 Å². The Bertz CT molecular complexity index is 781. The van der Waals surface area contributed by atoms with Crippen molar-refractivity contribution in [2.24, 2.45) is 17.8 Å². The van der Waals surface area contributed by atoms with Crippen LogP contribution in [0.25, 0.3) is 0 Å². The maximum atomic E-state index is 15.0. The summed E-state index contributed by atoms with van der Waals surface area (Å²) in [5, 5.41) is 6.68. The molecule has 1 aromatic heterocycles. The maximum absolute atomic E-state index is 15.0. The number of hydrogen-bond donors (Lipinski definition) is 1. The van der Waals surface area contributed by atoms with E-state index in [0.717, 1.165) is 23.7 Å². The number of aromatic nitrogens is 2. The van der Waals surface area contributed by atoms with Gasteiger partial charge in [-0.05, 0) is 77.0 Å². The number of carbonyl (C=O) groups is 1. The first-order valence-electron chi connectivity index (χ1n) is 10.0. The molecule has 3 bridgehead atoms. The Morgan fingerprint density at radius 3 is 2.57 bits per heavy atom. The molecule has 1 amide bonds. The molecule has 3 saturated carbocycles. The fourth-order valence-electron chi connectivity index (χ4n) is 5.79. The minimum absolute atomic E-state index is 0.00782. The number of nitrogens with zero attached hydrogens (tertiary/aromatic N) is 2. The van der Waals surface area contributed by atoms with Crippen molar-refractivity contribution < 1.29 is 22.4 Å². The molecule has 3 fully saturated rings. The molecule has 4 nitrogen and oxygen atoms in total. The van der Waals surface area contributed by atoms with Crippen LogP contribution in [-0.4, -0.2) is 27.4 Å². The van der Waals surface area contributed by atoms with Crippen LogP contribution in [0.15, 0.2) is 6.20 Å². The summed E-state index contributed by atoms with van der Waals surface area (Å²) in [6.45, 7) is 4.83. The zero-order valence-electron chi connectivity index (χ0n) is 16.4. The summed E-state index contributed by atoms with van der Waals surface area (Å²) in [5.41, 5.74) is -3.56. The molecule has 8 heteroatoms. The fraction of sp³-hybridized carbons (Fsp3) is 0.800.